The summed E-state index contributed by atoms with van der Waals surface area (Å²) >= 11 is 0. The summed E-state index contributed by atoms with van der Waals surface area (Å²) in [5, 5.41) is 1.04. The van der Waals surface area contributed by atoms with Crippen molar-refractivity contribution in [3.8, 4) is 23.7 Å². The number of fused-ring (bicyclic) bond motifs is 1. The molecule has 42 heavy (non-hydrogen) atoms. The Kier molecular flexibility index (Phi) is 12.0. The van der Waals surface area contributed by atoms with E-state index in [1.54, 1.807) is 18.5 Å². The molecule has 0 radical (unpaired) electrons. The predicted molar refractivity (Wildman–Crippen MR) is 174 cm³/mol. The molecule has 0 atom stereocenters. The number of aromatic nitrogens is 2. The molecule has 1 aliphatic rings. The molecule has 0 N–H and O–H groups in total. The van der Waals surface area contributed by atoms with Gasteiger partial charge in [-0.3, -0.25) is 14.7 Å². The van der Waals surface area contributed by atoms with Crippen molar-refractivity contribution in [2.45, 2.75) is 46.2 Å². The van der Waals surface area contributed by atoms with Crippen LogP contribution in [0.4, 0.5) is 0 Å². The van der Waals surface area contributed by atoms with Crippen LogP contribution in [0.5, 0.6) is 0 Å². The SMILES string of the molecule is CC(C)C.O=c1ccc2ccncc2n1CCN1CCC(N(CC#Cc2ccccc2)CC#Cc2ccccc2)CC1. The third-order valence-corrected chi connectivity index (χ3v) is 7.09. The van der Waals surface area contributed by atoms with Gasteiger partial charge in [-0.15, -0.1) is 0 Å². The molecule has 5 heteroatoms. The van der Waals surface area contributed by atoms with Gasteiger partial charge in [-0.05, 0) is 68.2 Å². The number of hydrogen-bond donors (Lipinski definition) is 0. The van der Waals surface area contributed by atoms with Crippen LogP contribution in [0.15, 0.2) is 96.1 Å². The summed E-state index contributed by atoms with van der Waals surface area (Å²) in [7, 11) is 0. The van der Waals surface area contributed by atoms with Gasteiger partial charge in [0, 0.05) is 47.9 Å². The number of likely N-dealkylation sites (tertiary alicyclic amines) is 1. The van der Waals surface area contributed by atoms with Crippen LogP contribution in [0.1, 0.15) is 44.7 Å². The van der Waals surface area contributed by atoms with Crippen molar-refractivity contribution in [3.63, 3.8) is 0 Å². The van der Waals surface area contributed by atoms with Crippen LogP contribution in [0.25, 0.3) is 10.9 Å². The highest BCUT2D eigenvalue weighted by Gasteiger charge is 2.23. The lowest BCUT2D eigenvalue weighted by molar-refractivity contribution is 0.126. The van der Waals surface area contributed by atoms with E-state index >= 15 is 0 Å². The fourth-order valence-corrected chi connectivity index (χ4v) is 4.96. The molecule has 1 fully saturated rings. The topological polar surface area (TPSA) is 41.4 Å². The molecule has 0 bridgehead atoms. The second-order valence-corrected chi connectivity index (χ2v) is 11.3. The number of benzene rings is 2. The third-order valence-electron chi connectivity index (χ3n) is 7.09. The maximum absolute atomic E-state index is 12.5. The van der Waals surface area contributed by atoms with Crippen molar-refractivity contribution >= 4 is 10.9 Å². The van der Waals surface area contributed by atoms with Gasteiger partial charge in [0.2, 0.25) is 0 Å². The average Bonchev–Trinajstić information content (AvgIpc) is 3.01. The van der Waals surface area contributed by atoms with Gasteiger partial charge >= 0.3 is 0 Å². The first-order valence-corrected chi connectivity index (χ1v) is 15.0. The summed E-state index contributed by atoms with van der Waals surface area (Å²) in [6.45, 7) is 11.4. The minimum absolute atomic E-state index is 0.0283. The van der Waals surface area contributed by atoms with E-state index in [0.717, 1.165) is 60.4 Å². The van der Waals surface area contributed by atoms with Crippen LogP contribution < -0.4 is 5.56 Å². The zero-order valence-corrected chi connectivity index (χ0v) is 25.2. The van der Waals surface area contributed by atoms with Crippen LogP contribution in [0, 0.1) is 29.6 Å². The largest absolute Gasteiger partial charge is 0.305 e. The van der Waals surface area contributed by atoms with E-state index in [-0.39, 0.29) is 5.56 Å². The van der Waals surface area contributed by atoms with Crippen molar-refractivity contribution < 1.29 is 0 Å². The highest BCUT2D eigenvalue weighted by molar-refractivity contribution is 5.77. The van der Waals surface area contributed by atoms with Crippen LogP contribution in [0.2, 0.25) is 0 Å². The fourth-order valence-electron chi connectivity index (χ4n) is 4.96. The molecule has 0 unspecified atom stereocenters. The van der Waals surface area contributed by atoms with Gasteiger partial charge < -0.3 is 9.47 Å². The smallest absolute Gasteiger partial charge is 0.251 e. The van der Waals surface area contributed by atoms with Gasteiger partial charge in [0.25, 0.3) is 5.56 Å². The lowest BCUT2D eigenvalue weighted by Gasteiger charge is -2.37. The zero-order valence-electron chi connectivity index (χ0n) is 25.2. The number of hydrogen-bond acceptors (Lipinski definition) is 4. The number of pyridine rings is 2. The Balaban J connectivity index is 0.000000952. The average molecular weight is 559 g/mol. The van der Waals surface area contributed by atoms with Crippen molar-refractivity contribution in [1.29, 1.82) is 0 Å². The normalized spacial score (nSPS) is 13.5. The Morgan fingerprint density at radius 2 is 1.38 bits per heavy atom. The van der Waals surface area contributed by atoms with Gasteiger partial charge in [0.1, 0.15) is 0 Å². The summed E-state index contributed by atoms with van der Waals surface area (Å²) in [5.41, 5.74) is 3.00. The molecule has 3 heterocycles. The Bertz CT molecular complexity index is 1500. The Labute approximate surface area is 251 Å². The summed E-state index contributed by atoms with van der Waals surface area (Å²) in [4.78, 5) is 21.6. The van der Waals surface area contributed by atoms with Crippen LogP contribution in [0.3, 0.4) is 0 Å². The molecule has 0 saturated carbocycles. The van der Waals surface area contributed by atoms with Gasteiger partial charge in [0.05, 0.1) is 24.8 Å². The minimum atomic E-state index is 0.0283. The molecule has 0 spiro atoms. The Morgan fingerprint density at radius 3 is 1.95 bits per heavy atom. The van der Waals surface area contributed by atoms with E-state index in [0.29, 0.717) is 25.7 Å². The standard InChI is InChI=1S/C33H32N4O.C4H10/c38-33-16-15-30-17-20-34-27-32(30)37(33)26-25-35-23-18-31(19-24-35)36(21-7-13-28-9-3-1-4-10-28)22-8-14-29-11-5-2-6-12-29;1-4(2)3/h1-6,9-12,15-17,20,27,31H,18-19,21-26H2;4H,1-3H3. The highest BCUT2D eigenvalue weighted by atomic mass is 16.1. The van der Waals surface area contributed by atoms with E-state index in [9.17, 15) is 4.79 Å². The second-order valence-electron chi connectivity index (χ2n) is 11.3. The maximum Gasteiger partial charge on any atom is 0.251 e. The summed E-state index contributed by atoms with van der Waals surface area (Å²) in [6.07, 6.45) is 5.67. The maximum atomic E-state index is 12.5. The third kappa shape index (κ3) is 9.74. The van der Waals surface area contributed by atoms with E-state index in [2.05, 4.69) is 59.2 Å². The van der Waals surface area contributed by atoms with Gasteiger partial charge in [-0.2, -0.15) is 0 Å². The first-order valence-electron chi connectivity index (χ1n) is 15.0. The number of rotatable bonds is 6. The molecule has 2 aromatic heterocycles. The van der Waals surface area contributed by atoms with Crippen molar-refractivity contribution in [3.05, 3.63) is 113 Å². The minimum Gasteiger partial charge on any atom is -0.305 e. The molecule has 5 rings (SSSR count). The summed E-state index contributed by atoms with van der Waals surface area (Å²) in [5.74, 6) is 14.2. The van der Waals surface area contributed by atoms with Crippen LogP contribution >= 0.6 is 0 Å². The predicted octanol–water partition coefficient (Wildman–Crippen LogP) is 5.93. The van der Waals surface area contributed by atoms with Crippen molar-refractivity contribution in [2.75, 3.05) is 32.7 Å². The monoisotopic (exact) mass is 558 g/mol. The van der Waals surface area contributed by atoms with Gasteiger partial charge in [0.15, 0.2) is 0 Å². The van der Waals surface area contributed by atoms with Gasteiger partial charge in [-0.25, -0.2) is 0 Å². The molecule has 0 amide bonds. The fraction of sp³-hybridized carbons (Fsp3) is 0.351. The highest BCUT2D eigenvalue weighted by Crippen LogP contribution is 2.17. The van der Waals surface area contributed by atoms with E-state index in [1.807, 2.05) is 77.4 Å². The molecule has 2 aromatic carbocycles. The number of piperidine rings is 1. The lowest BCUT2D eigenvalue weighted by atomic mass is 10.0. The van der Waals surface area contributed by atoms with Gasteiger partial charge in [-0.1, -0.05) is 80.9 Å². The first-order chi connectivity index (χ1) is 20.5. The molecular weight excluding hydrogens is 516 g/mol. The molecule has 0 aliphatic carbocycles. The van der Waals surface area contributed by atoms with Crippen LogP contribution in [-0.4, -0.2) is 58.1 Å². The van der Waals surface area contributed by atoms with Crippen molar-refractivity contribution in [1.82, 2.24) is 19.4 Å². The first kappa shape index (κ1) is 30.8. The van der Waals surface area contributed by atoms with E-state index in [4.69, 9.17) is 0 Å². The number of nitrogens with zero attached hydrogens (tertiary/aromatic N) is 4. The van der Waals surface area contributed by atoms with E-state index < -0.39 is 0 Å². The quantitative estimate of drug-likeness (QED) is 0.275. The van der Waals surface area contributed by atoms with Crippen LogP contribution in [-0.2, 0) is 6.54 Å². The molecule has 1 aliphatic heterocycles. The zero-order chi connectivity index (χ0) is 29.6. The molecule has 1 saturated heterocycles. The molecular formula is C37H42N4O. The van der Waals surface area contributed by atoms with E-state index in [1.165, 1.54) is 0 Å². The molecule has 5 nitrogen and oxygen atoms in total. The Hall–Kier alpha value is -4.16. The lowest BCUT2D eigenvalue weighted by Crippen LogP contribution is -2.46. The molecule has 216 valence electrons. The van der Waals surface area contributed by atoms with Crippen molar-refractivity contribution in [2.24, 2.45) is 5.92 Å². The summed E-state index contributed by atoms with van der Waals surface area (Å²) < 4.78 is 1.85. The Morgan fingerprint density at radius 1 is 0.810 bits per heavy atom. The molecule has 4 aromatic rings. The second kappa shape index (κ2) is 16.3. The summed E-state index contributed by atoms with van der Waals surface area (Å²) in [6, 6.07) is 26.2.